The first-order valence-electron chi connectivity index (χ1n) is 7.00. The molecule has 0 bridgehead atoms. The Balaban J connectivity index is 2.10. The van der Waals surface area contributed by atoms with Gasteiger partial charge < -0.3 is 9.64 Å². The minimum atomic E-state index is -0.0215. The van der Waals surface area contributed by atoms with Gasteiger partial charge in [0.2, 0.25) is 0 Å². The Morgan fingerprint density at radius 2 is 2.10 bits per heavy atom. The van der Waals surface area contributed by atoms with Crippen molar-refractivity contribution < 1.29 is 9.53 Å². The molecule has 0 aliphatic heterocycles. The van der Waals surface area contributed by atoms with Gasteiger partial charge in [0.1, 0.15) is 5.75 Å². The summed E-state index contributed by atoms with van der Waals surface area (Å²) in [4.78, 5) is 18.3. The summed E-state index contributed by atoms with van der Waals surface area (Å²) in [6.45, 7) is 5.00. The van der Waals surface area contributed by atoms with Gasteiger partial charge in [-0.2, -0.15) is 0 Å². The lowest BCUT2D eigenvalue weighted by Gasteiger charge is -2.17. The maximum atomic E-state index is 12.4. The molecule has 0 unspecified atom stereocenters. The highest BCUT2D eigenvalue weighted by Gasteiger charge is 2.13. The number of nitrogens with zero attached hydrogens (tertiary/aromatic N) is 2. The molecule has 1 amide bonds. The highest BCUT2D eigenvalue weighted by atomic mass is 16.5. The summed E-state index contributed by atoms with van der Waals surface area (Å²) < 4.78 is 5.49. The predicted molar refractivity (Wildman–Crippen MR) is 82.4 cm³/mol. The van der Waals surface area contributed by atoms with E-state index in [0.717, 1.165) is 17.0 Å². The summed E-state index contributed by atoms with van der Waals surface area (Å²) in [7, 11) is 1.78. The molecule has 4 nitrogen and oxygen atoms in total. The summed E-state index contributed by atoms with van der Waals surface area (Å²) >= 11 is 0. The van der Waals surface area contributed by atoms with Crippen molar-refractivity contribution in [1.29, 1.82) is 0 Å². The number of hydrogen-bond acceptors (Lipinski definition) is 3. The molecule has 21 heavy (non-hydrogen) atoms. The van der Waals surface area contributed by atoms with Crippen molar-refractivity contribution in [2.75, 3.05) is 13.7 Å². The largest absolute Gasteiger partial charge is 0.494 e. The molecule has 0 saturated heterocycles. The number of benzene rings is 1. The van der Waals surface area contributed by atoms with Crippen LogP contribution in [0.1, 0.15) is 28.5 Å². The number of aromatic nitrogens is 1. The van der Waals surface area contributed by atoms with Crippen LogP contribution in [0.15, 0.2) is 42.6 Å². The summed E-state index contributed by atoms with van der Waals surface area (Å²) in [5.74, 6) is 0.799. The van der Waals surface area contributed by atoms with Crippen LogP contribution < -0.4 is 4.74 Å². The number of carbonyl (C=O) groups is 1. The van der Waals surface area contributed by atoms with Gasteiger partial charge in [0.25, 0.3) is 5.91 Å². The number of carbonyl (C=O) groups excluding carboxylic acids is 1. The Morgan fingerprint density at radius 1 is 1.29 bits per heavy atom. The molecule has 0 spiro atoms. The zero-order valence-corrected chi connectivity index (χ0v) is 12.7. The smallest absolute Gasteiger partial charge is 0.253 e. The third kappa shape index (κ3) is 3.81. The van der Waals surface area contributed by atoms with Crippen molar-refractivity contribution in [3.63, 3.8) is 0 Å². The molecule has 0 aliphatic rings. The third-order valence-electron chi connectivity index (χ3n) is 3.19. The van der Waals surface area contributed by atoms with Crippen molar-refractivity contribution in [2.24, 2.45) is 0 Å². The van der Waals surface area contributed by atoms with Crippen LogP contribution in [0.2, 0.25) is 0 Å². The van der Waals surface area contributed by atoms with Crippen molar-refractivity contribution in [3.05, 3.63) is 59.4 Å². The van der Waals surface area contributed by atoms with Crippen molar-refractivity contribution >= 4 is 5.91 Å². The topological polar surface area (TPSA) is 42.4 Å². The summed E-state index contributed by atoms with van der Waals surface area (Å²) in [6.07, 6.45) is 1.73. The van der Waals surface area contributed by atoms with Crippen LogP contribution in [-0.4, -0.2) is 29.4 Å². The van der Waals surface area contributed by atoms with E-state index in [9.17, 15) is 4.79 Å². The van der Waals surface area contributed by atoms with Crippen LogP contribution in [0.3, 0.4) is 0 Å². The fourth-order valence-corrected chi connectivity index (χ4v) is 2.13. The zero-order valence-electron chi connectivity index (χ0n) is 12.7. The molecule has 0 aliphatic carbocycles. The number of ether oxygens (including phenoxy) is 1. The van der Waals surface area contributed by atoms with Crippen LogP contribution in [0.5, 0.6) is 5.75 Å². The van der Waals surface area contributed by atoms with Gasteiger partial charge in [-0.1, -0.05) is 6.07 Å². The standard InChI is InChI=1S/C17H20N2O2/c1-4-21-16-9-8-14(11-13(16)2)17(20)19(3)12-15-7-5-6-10-18-15/h5-11H,4,12H2,1-3H3. The molecule has 2 aromatic rings. The molecular weight excluding hydrogens is 264 g/mol. The number of aryl methyl sites for hydroxylation is 1. The van der Waals surface area contributed by atoms with E-state index in [-0.39, 0.29) is 5.91 Å². The summed E-state index contributed by atoms with van der Waals surface area (Å²) in [5, 5.41) is 0. The molecule has 0 fully saturated rings. The van der Waals surface area contributed by atoms with E-state index in [2.05, 4.69) is 4.98 Å². The van der Waals surface area contributed by atoms with E-state index in [1.54, 1.807) is 24.2 Å². The van der Waals surface area contributed by atoms with Gasteiger partial charge in [0, 0.05) is 18.8 Å². The molecule has 0 radical (unpaired) electrons. The molecule has 0 saturated carbocycles. The van der Waals surface area contributed by atoms with Crippen molar-refractivity contribution in [2.45, 2.75) is 20.4 Å². The number of pyridine rings is 1. The lowest BCUT2D eigenvalue weighted by molar-refractivity contribution is 0.0783. The molecule has 1 aromatic heterocycles. The van der Waals surface area contributed by atoms with E-state index in [1.165, 1.54) is 0 Å². The van der Waals surface area contributed by atoms with E-state index in [0.29, 0.717) is 18.7 Å². The minimum absolute atomic E-state index is 0.0215. The first kappa shape index (κ1) is 15.0. The molecule has 2 rings (SSSR count). The number of hydrogen-bond donors (Lipinski definition) is 0. The lowest BCUT2D eigenvalue weighted by Crippen LogP contribution is -2.26. The number of rotatable bonds is 5. The fraction of sp³-hybridized carbons (Fsp3) is 0.294. The highest BCUT2D eigenvalue weighted by Crippen LogP contribution is 2.20. The van der Waals surface area contributed by atoms with Gasteiger partial charge in [0.15, 0.2) is 0 Å². The Labute approximate surface area is 125 Å². The van der Waals surface area contributed by atoms with Gasteiger partial charge >= 0.3 is 0 Å². The molecule has 4 heteroatoms. The first-order chi connectivity index (χ1) is 10.1. The van der Waals surface area contributed by atoms with E-state index in [4.69, 9.17) is 4.74 Å². The van der Waals surface area contributed by atoms with Crippen LogP contribution >= 0.6 is 0 Å². The Kier molecular flexibility index (Phi) is 4.93. The van der Waals surface area contributed by atoms with Gasteiger partial charge in [-0.15, -0.1) is 0 Å². The van der Waals surface area contributed by atoms with Crippen LogP contribution in [0.4, 0.5) is 0 Å². The molecule has 0 N–H and O–H groups in total. The van der Waals surface area contributed by atoms with Gasteiger partial charge in [-0.05, 0) is 49.7 Å². The third-order valence-corrected chi connectivity index (χ3v) is 3.19. The normalized spacial score (nSPS) is 10.2. The number of amides is 1. The summed E-state index contributed by atoms with van der Waals surface area (Å²) in [6, 6.07) is 11.2. The average molecular weight is 284 g/mol. The quantitative estimate of drug-likeness (QED) is 0.847. The first-order valence-corrected chi connectivity index (χ1v) is 7.00. The predicted octanol–water partition coefficient (Wildman–Crippen LogP) is 3.06. The van der Waals surface area contributed by atoms with Crippen molar-refractivity contribution in [1.82, 2.24) is 9.88 Å². The molecule has 1 aromatic carbocycles. The molecule has 0 atom stereocenters. The second-order valence-electron chi connectivity index (χ2n) is 4.90. The average Bonchev–Trinajstić information content (AvgIpc) is 2.49. The zero-order chi connectivity index (χ0) is 15.2. The second-order valence-corrected chi connectivity index (χ2v) is 4.90. The summed E-state index contributed by atoms with van der Waals surface area (Å²) in [5.41, 5.74) is 2.50. The fourth-order valence-electron chi connectivity index (χ4n) is 2.13. The monoisotopic (exact) mass is 284 g/mol. The van der Waals surface area contributed by atoms with Gasteiger partial charge in [0.05, 0.1) is 18.8 Å². The van der Waals surface area contributed by atoms with E-state index < -0.39 is 0 Å². The SMILES string of the molecule is CCOc1ccc(C(=O)N(C)Cc2ccccn2)cc1C. The molecule has 110 valence electrons. The highest BCUT2D eigenvalue weighted by molar-refractivity contribution is 5.94. The van der Waals surface area contributed by atoms with E-state index >= 15 is 0 Å². The van der Waals surface area contributed by atoms with Crippen LogP contribution in [-0.2, 0) is 6.54 Å². The Bertz CT molecular complexity index is 611. The van der Waals surface area contributed by atoms with Crippen molar-refractivity contribution in [3.8, 4) is 5.75 Å². The molecular formula is C17H20N2O2. The van der Waals surface area contributed by atoms with E-state index in [1.807, 2.05) is 44.2 Å². The van der Waals surface area contributed by atoms with Crippen LogP contribution in [0.25, 0.3) is 0 Å². The van der Waals surface area contributed by atoms with Gasteiger partial charge in [-0.25, -0.2) is 0 Å². The maximum absolute atomic E-state index is 12.4. The molecule has 1 heterocycles. The van der Waals surface area contributed by atoms with Crippen LogP contribution in [0, 0.1) is 6.92 Å². The Hall–Kier alpha value is -2.36. The Morgan fingerprint density at radius 3 is 2.71 bits per heavy atom. The maximum Gasteiger partial charge on any atom is 0.253 e. The lowest BCUT2D eigenvalue weighted by atomic mass is 10.1. The minimum Gasteiger partial charge on any atom is -0.494 e. The second kappa shape index (κ2) is 6.88. The van der Waals surface area contributed by atoms with Gasteiger partial charge in [-0.3, -0.25) is 9.78 Å².